The van der Waals surface area contributed by atoms with E-state index in [2.05, 4.69) is 174 Å². The Morgan fingerprint density at radius 2 is 0.910 bits per heavy atom. The molecule has 0 saturated heterocycles. The molecular formula is C70H60F2N4O2. The van der Waals surface area contributed by atoms with Crippen molar-refractivity contribution < 1.29 is 17.9 Å². The third kappa shape index (κ3) is 9.15. The van der Waals surface area contributed by atoms with E-state index in [9.17, 15) is 8.78 Å². The number of hydrogen-bond donors (Lipinski definition) is 0. The molecule has 0 bridgehead atoms. The van der Waals surface area contributed by atoms with Crippen LogP contribution in [0.5, 0.6) is 11.5 Å². The van der Waals surface area contributed by atoms with E-state index in [1.807, 2.05) is 60.7 Å². The first kappa shape index (κ1) is 50.0. The van der Waals surface area contributed by atoms with Gasteiger partial charge in [0.1, 0.15) is 40.4 Å². The second-order valence-electron chi connectivity index (χ2n) is 21.7. The number of rotatable bonds is 13. The Kier molecular flexibility index (Phi) is 13.0. The molecule has 0 aliphatic rings. The van der Waals surface area contributed by atoms with Gasteiger partial charge < -0.3 is 9.15 Å². The average molecular weight is 1030 g/mol. The van der Waals surface area contributed by atoms with Gasteiger partial charge in [0.2, 0.25) is 0 Å². The van der Waals surface area contributed by atoms with Gasteiger partial charge in [-0.2, -0.15) is 0 Å². The molecular weight excluding hydrogens is 967 g/mol. The highest BCUT2D eigenvalue weighted by Crippen LogP contribution is 2.45. The van der Waals surface area contributed by atoms with Crippen LogP contribution in [0.25, 0.3) is 101 Å². The lowest BCUT2D eigenvalue weighted by Gasteiger charge is -2.25. The summed E-state index contributed by atoms with van der Waals surface area (Å²) in [5.74, 6) is 2.00. The van der Waals surface area contributed by atoms with Crippen molar-refractivity contribution in [3.05, 3.63) is 228 Å². The molecule has 3 heterocycles. The summed E-state index contributed by atoms with van der Waals surface area (Å²) in [6.07, 6.45) is 1.70. The van der Waals surface area contributed by atoms with E-state index in [1.54, 1.807) is 6.26 Å². The van der Waals surface area contributed by atoms with Crippen molar-refractivity contribution in [3.8, 4) is 79.0 Å². The van der Waals surface area contributed by atoms with Crippen LogP contribution < -0.4 is 4.74 Å². The number of para-hydroxylation sites is 2. The Bertz CT molecular complexity index is 4140. The summed E-state index contributed by atoms with van der Waals surface area (Å²) in [5.41, 5.74) is 18.4. The molecule has 0 spiro atoms. The summed E-state index contributed by atoms with van der Waals surface area (Å²) in [6, 6.07) is 62.3. The zero-order valence-electron chi connectivity index (χ0n) is 45.1. The SMILES string of the molecule is CC(C)c1cc(-c2ccccc2)cc(C(C)C)c1-n1c(-c2cccc(Oc3cc(-c4nc5ccc(-c6cc(F)cc(F)c6)cc5n4-c4c(C(C)C)cc(-c5ccccc5)cc4C(C)C)c4ccoc4c3)c2)nc2ccccc21. The largest absolute Gasteiger partial charge is 0.464 e. The highest BCUT2D eigenvalue weighted by atomic mass is 19.1. The fourth-order valence-electron chi connectivity index (χ4n) is 11.2. The van der Waals surface area contributed by atoms with Crippen molar-refractivity contribution >= 4 is 33.0 Å². The van der Waals surface area contributed by atoms with Gasteiger partial charge in [-0.1, -0.05) is 146 Å². The van der Waals surface area contributed by atoms with E-state index in [4.69, 9.17) is 19.1 Å². The summed E-state index contributed by atoms with van der Waals surface area (Å²) in [5, 5.41) is 0.854. The predicted molar refractivity (Wildman–Crippen MR) is 315 cm³/mol. The highest BCUT2D eigenvalue weighted by Gasteiger charge is 2.28. The summed E-state index contributed by atoms with van der Waals surface area (Å²) < 4.78 is 47.6. The lowest BCUT2D eigenvalue weighted by molar-refractivity contribution is 0.482. The molecule has 9 aromatic carbocycles. The van der Waals surface area contributed by atoms with Gasteiger partial charge in [-0.05, 0) is 164 Å². The van der Waals surface area contributed by atoms with E-state index in [0.29, 0.717) is 34.0 Å². The van der Waals surface area contributed by atoms with Gasteiger partial charge >= 0.3 is 0 Å². The maximum absolute atomic E-state index is 14.9. The number of hydrogen-bond acceptors (Lipinski definition) is 4. The van der Waals surface area contributed by atoms with Crippen molar-refractivity contribution in [3.63, 3.8) is 0 Å². The molecule has 0 aliphatic carbocycles. The van der Waals surface area contributed by atoms with Gasteiger partial charge in [-0.3, -0.25) is 9.13 Å². The maximum atomic E-state index is 14.9. The highest BCUT2D eigenvalue weighted by molar-refractivity contribution is 5.98. The third-order valence-electron chi connectivity index (χ3n) is 15.0. The molecule has 0 aliphatic heterocycles. The number of benzene rings is 9. The standard InChI is InChI=1S/C70H60F2N4O2/c1-41(2)57-33-50(45-18-11-9-12-19-45)34-58(42(3)4)67(57)75-64-25-16-15-24-62(64)73-69(75)48-22-17-23-54(32-48)78-55-39-61(56-28-29-77-66(56)40-55)70-74-63-27-26-47(49-30-52(71)38-53(72)31-49)37-65(63)76(70)68-59(43(5)6)35-51(36-60(68)44(7)8)46-20-13-10-14-21-46/h9-44H,1-8H3. The minimum absolute atomic E-state index is 0.0959. The van der Waals surface area contributed by atoms with Crippen LogP contribution in [0.3, 0.4) is 0 Å². The van der Waals surface area contributed by atoms with Gasteiger partial charge in [-0.15, -0.1) is 0 Å². The minimum atomic E-state index is -0.641. The normalized spacial score (nSPS) is 11.9. The Labute approximate surface area is 454 Å². The summed E-state index contributed by atoms with van der Waals surface area (Å²) in [4.78, 5) is 10.8. The molecule has 8 heteroatoms. The number of ether oxygens (including phenoxy) is 1. The molecule has 0 fully saturated rings. The number of aromatic nitrogens is 4. The number of halogens is 2. The van der Waals surface area contributed by atoms with Crippen LogP contribution in [0.15, 0.2) is 199 Å². The molecule has 0 atom stereocenters. The number of imidazole rings is 2. The average Bonchev–Trinajstić information content (AvgIpc) is 4.38. The number of nitrogens with zero attached hydrogens (tertiary/aromatic N) is 4. The van der Waals surface area contributed by atoms with Gasteiger partial charge in [-0.25, -0.2) is 18.7 Å². The fourth-order valence-corrected chi connectivity index (χ4v) is 11.2. The predicted octanol–water partition coefficient (Wildman–Crippen LogP) is 20.0. The Hall–Kier alpha value is -8.88. The molecule has 386 valence electrons. The van der Waals surface area contributed by atoms with Crippen LogP contribution in [0.1, 0.15) is 101 Å². The van der Waals surface area contributed by atoms with E-state index in [-0.39, 0.29) is 23.7 Å². The minimum Gasteiger partial charge on any atom is -0.464 e. The molecule has 12 rings (SSSR count). The summed E-state index contributed by atoms with van der Waals surface area (Å²) in [7, 11) is 0. The van der Waals surface area contributed by atoms with Crippen LogP contribution in [0.2, 0.25) is 0 Å². The van der Waals surface area contributed by atoms with Crippen molar-refractivity contribution in [2.75, 3.05) is 0 Å². The van der Waals surface area contributed by atoms with Crippen molar-refractivity contribution in [1.29, 1.82) is 0 Å². The fraction of sp³-hybridized carbons (Fsp3) is 0.171. The van der Waals surface area contributed by atoms with Crippen LogP contribution in [0.4, 0.5) is 8.78 Å². The first-order chi connectivity index (χ1) is 37.8. The lowest BCUT2D eigenvalue weighted by Crippen LogP contribution is -2.09. The Balaban J connectivity index is 1.03. The third-order valence-corrected chi connectivity index (χ3v) is 15.0. The van der Waals surface area contributed by atoms with Crippen molar-refractivity contribution in [2.24, 2.45) is 0 Å². The quantitative estimate of drug-likeness (QED) is 0.115. The van der Waals surface area contributed by atoms with Crippen molar-refractivity contribution in [1.82, 2.24) is 19.1 Å². The zero-order chi connectivity index (χ0) is 53.9. The van der Waals surface area contributed by atoms with E-state index >= 15 is 0 Å². The van der Waals surface area contributed by atoms with Crippen LogP contribution in [-0.4, -0.2) is 19.1 Å². The van der Waals surface area contributed by atoms with Gasteiger partial charge in [0.05, 0.1) is 39.7 Å². The zero-order valence-corrected chi connectivity index (χ0v) is 45.1. The Morgan fingerprint density at radius 3 is 1.50 bits per heavy atom. The number of furan rings is 1. The Morgan fingerprint density at radius 1 is 0.397 bits per heavy atom. The summed E-state index contributed by atoms with van der Waals surface area (Å²) in [6.45, 7) is 18.0. The smallest absolute Gasteiger partial charge is 0.146 e. The lowest BCUT2D eigenvalue weighted by atomic mass is 9.88. The topological polar surface area (TPSA) is 58.0 Å². The van der Waals surface area contributed by atoms with Crippen molar-refractivity contribution in [2.45, 2.75) is 79.1 Å². The van der Waals surface area contributed by atoms with Crippen LogP contribution in [-0.2, 0) is 0 Å². The molecule has 3 aromatic heterocycles. The van der Waals surface area contributed by atoms with Crippen LogP contribution >= 0.6 is 0 Å². The maximum Gasteiger partial charge on any atom is 0.146 e. The van der Waals surface area contributed by atoms with E-state index in [0.717, 1.165) is 84.1 Å². The molecule has 12 aromatic rings. The summed E-state index contributed by atoms with van der Waals surface area (Å²) >= 11 is 0. The molecule has 0 saturated carbocycles. The van der Waals surface area contributed by atoms with E-state index < -0.39 is 11.6 Å². The van der Waals surface area contributed by atoms with Gasteiger partial charge in [0.15, 0.2) is 0 Å². The molecule has 0 radical (unpaired) electrons. The molecule has 0 unspecified atom stereocenters. The number of fused-ring (bicyclic) bond motifs is 3. The van der Waals surface area contributed by atoms with Gasteiger partial charge in [0, 0.05) is 28.6 Å². The first-order valence-electron chi connectivity index (χ1n) is 27.0. The molecule has 78 heavy (non-hydrogen) atoms. The molecule has 0 N–H and O–H groups in total. The molecule has 0 amide bonds. The van der Waals surface area contributed by atoms with Crippen LogP contribution in [0, 0.1) is 11.6 Å². The first-order valence-corrected chi connectivity index (χ1v) is 27.0. The second-order valence-corrected chi connectivity index (χ2v) is 21.7. The van der Waals surface area contributed by atoms with Gasteiger partial charge in [0.25, 0.3) is 0 Å². The molecule has 6 nitrogen and oxygen atoms in total. The van der Waals surface area contributed by atoms with E-state index in [1.165, 1.54) is 34.4 Å². The second kappa shape index (κ2) is 20.2. The monoisotopic (exact) mass is 1030 g/mol.